The first-order valence-electron chi connectivity index (χ1n) is 6.84. The summed E-state index contributed by atoms with van der Waals surface area (Å²) >= 11 is 0. The number of nitrogens with zero attached hydrogens (tertiary/aromatic N) is 2. The van der Waals surface area contributed by atoms with Crippen molar-refractivity contribution in [2.24, 2.45) is 5.73 Å². The van der Waals surface area contributed by atoms with E-state index in [1.54, 1.807) is 12.1 Å². The number of hydrogen-bond donors (Lipinski definition) is 1. The number of benzene rings is 1. The molecule has 0 aliphatic carbocycles. The molecule has 2 N–H and O–H groups in total. The maximum atomic E-state index is 13.7. The predicted octanol–water partition coefficient (Wildman–Crippen LogP) is 2.10. The molecular weight excluding hydrogens is 241 g/mol. The second-order valence-corrected chi connectivity index (χ2v) is 5.33. The minimum Gasteiger partial charge on any atom is -0.323 e. The molecule has 0 radical (unpaired) electrons. The van der Waals surface area contributed by atoms with Crippen LogP contribution in [0.5, 0.6) is 0 Å². The van der Waals surface area contributed by atoms with Crippen LogP contribution in [0.1, 0.15) is 25.5 Å². The smallest absolute Gasteiger partial charge is 0.128 e. The number of nitrogens with two attached hydrogens (primary N) is 1. The van der Waals surface area contributed by atoms with Crippen molar-refractivity contribution in [1.82, 2.24) is 9.80 Å². The molecule has 2 unspecified atom stereocenters. The number of likely N-dealkylation sites (N-methyl/N-ethyl adjacent to an activating group) is 2. The molecule has 4 heteroatoms. The summed E-state index contributed by atoms with van der Waals surface area (Å²) in [7, 11) is 4.11. The first-order valence-corrected chi connectivity index (χ1v) is 6.84. The normalized spacial score (nSPS) is 14.9. The topological polar surface area (TPSA) is 32.5 Å². The van der Waals surface area contributed by atoms with Crippen LogP contribution < -0.4 is 5.73 Å². The maximum absolute atomic E-state index is 13.7. The van der Waals surface area contributed by atoms with E-state index in [2.05, 4.69) is 37.7 Å². The monoisotopic (exact) mass is 267 g/mol. The molecule has 0 bridgehead atoms. The van der Waals surface area contributed by atoms with Gasteiger partial charge in [-0.05, 0) is 33.6 Å². The average molecular weight is 267 g/mol. The average Bonchev–Trinajstić information content (AvgIpc) is 2.35. The second-order valence-electron chi connectivity index (χ2n) is 5.33. The predicted molar refractivity (Wildman–Crippen MR) is 78.6 cm³/mol. The zero-order valence-corrected chi connectivity index (χ0v) is 12.4. The van der Waals surface area contributed by atoms with Gasteiger partial charge >= 0.3 is 0 Å². The van der Waals surface area contributed by atoms with Gasteiger partial charge in [-0.2, -0.15) is 0 Å². The second kappa shape index (κ2) is 7.58. The molecule has 0 amide bonds. The molecule has 0 spiro atoms. The van der Waals surface area contributed by atoms with Gasteiger partial charge in [-0.1, -0.05) is 25.1 Å². The molecule has 2 atom stereocenters. The quantitative estimate of drug-likeness (QED) is 0.821. The Balaban J connectivity index is 2.68. The van der Waals surface area contributed by atoms with E-state index < -0.39 is 0 Å². The van der Waals surface area contributed by atoms with Crippen molar-refractivity contribution >= 4 is 0 Å². The molecule has 0 saturated carbocycles. The maximum Gasteiger partial charge on any atom is 0.128 e. The highest BCUT2D eigenvalue weighted by Gasteiger charge is 2.18. The van der Waals surface area contributed by atoms with Crippen LogP contribution in [0.15, 0.2) is 24.3 Å². The van der Waals surface area contributed by atoms with E-state index >= 15 is 0 Å². The van der Waals surface area contributed by atoms with Crippen LogP contribution in [-0.4, -0.2) is 49.6 Å². The van der Waals surface area contributed by atoms with Crippen LogP contribution in [0, 0.1) is 5.82 Å². The zero-order chi connectivity index (χ0) is 14.4. The Bertz CT molecular complexity index is 381. The molecule has 1 aromatic rings. The molecule has 1 aromatic carbocycles. The Labute approximate surface area is 116 Å². The van der Waals surface area contributed by atoms with Gasteiger partial charge in [-0.15, -0.1) is 0 Å². The van der Waals surface area contributed by atoms with Gasteiger partial charge in [0.2, 0.25) is 0 Å². The van der Waals surface area contributed by atoms with Gasteiger partial charge in [0.05, 0.1) is 0 Å². The third-order valence-electron chi connectivity index (χ3n) is 3.39. The molecular formula is C15H26FN3. The fourth-order valence-corrected chi connectivity index (χ4v) is 2.39. The Morgan fingerprint density at radius 2 is 1.84 bits per heavy atom. The molecule has 0 fully saturated rings. The standard InChI is InChI=1S/C15H26FN3/c1-5-19(12(2)10-18(3)4)11-15(17)13-8-6-7-9-14(13)16/h6-9,12,15H,5,10-11,17H2,1-4H3. The number of hydrogen-bond acceptors (Lipinski definition) is 3. The molecule has 0 heterocycles. The van der Waals surface area contributed by atoms with E-state index in [0.29, 0.717) is 18.2 Å². The molecule has 0 aliphatic heterocycles. The summed E-state index contributed by atoms with van der Waals surface area (Å²) in [6.07, 6.45) is 0. The van der Waals surface area contributed by atoms with Crippen molar-refractivity contribution in [2.45, 2.75) is 25.9 Å². The van der Waals surface area contributed by atoms with Gasteiger partial charge < -0.3 is 10.6 Å². The highest BCUT2D eigenvalue weighted by molar-refractivity contribution is 5.21. The molecule has 19 heavy (non-hydrogen) atoms. The third kappa shape index (κ3) is 4.90. The highest BCUT2D eigenvalue weighted by Crippen LogP contribution is 2.16. The van der Waals surface area contributed by atoms with E-state index in [-0.39, 0.29) is 11.9 Å². The SMILES string of the molecule is CCN(CC(N)c1ccccc1F)C(C)CN(C)C. The molecule has 0 aliphatic rings. The summed E-state index contributed by atoms with van der Waals surface area (Å²) in [5.74, 6) is -0.216. The molecule has 1 rings (SSSR count). The Morgan fingerprint density at radius 1 is 1.21 bits per heavy atom. The van der Waals surface area contributed by atoms with Crippen LogP contribution in [0.25, 0.3) is 0 Å². The van der Waals surface area contributed by atoms with Crippen molar-refractivity contribution in [3.8, 4) is 0 Å². The lowest BCUT2D eigenvalue weighted by Gasteiger charge is -2.32. The van der Waals surface area contributed by atoms with Gasteiger partial charge in [0.15, 0.2) is 0 Å². The summed E-state index contributed by atoms with van der Waals surface area (Å²) in [4.78, 5) is 4.44. The van der Waals surface area contributed by atoms with Gasteiger partial charge in [0.25, 0.3) is 0 Å². The van der Waals surface area contributed by atoms with Crippen molar-refractivity contribution in [2.75, 3.05) is 33.7 Å². The van der Waals surface area contributed by atoms with Gasteiger partial charge in [-0.3, -0.25) is 4.90 Å². The van der Waals surface area contributed by atoms with E-state index in [9.17, 15) is 4.39 Å². The Kier molecular flexibility index (Phi) is 6.42. The lowest BCUT2D eigenvalue weighted by molar-refractivity contribution is 0.172. The van der Waals surface area contributed by atoms with E-state index in [1.807, 2.05) is 6.07 Å². The van der Waals surface area contributed by atoms with E-state index in [0.717, 1.165) is 13.1 Å². The van der Waals surface area contributed by atoms with Gasteiger partial charge in [0, 0.05) is 30.7 Å². The zero-order valence-electron chi connectivity index (χ0n) is 12.4. The lowest BCUT2D eigenvalue weighted by Crippen LogP contribution is -2.43. The van der Waals surface area contributed by atoms with Crippen molar-refractivity contribution in [1.29, 1.82) is 0 Å². The van der Waals surface area contributed by atoms with Crippen LogP contribution >= 0.6 is 0 Å². The van der Waals surface area contributed by atoms with Gasteiger partial charge in [-0.25, -0.2) is 4.39 Å². The van der Waals surface area contributed by atoms with Crippen LogP contribution in [-0.2, 0) is 0 Å². The summed E-state index contributed by atoms with van der Waals surface area (Å²) in [6.45, 7) is 6.85. The summed E-state index contributed by atoms with van der Waals surface area (Å²) < 4.78 is 13.7. The fourth-order valence-electron chi connectivity index (χ4n) is 2.39. The molecule has 108 valence electrons. The van der Waals surface area contributed by atoms with E-state index in [1.165, 1.54) is 6.07 Å². The number of rotatable bonds is 7. The minimum atomic E-state index is -0.286. The van der Waals surface area contributed by atoms with Crippen molar-refractivity contribution in [3.05, 3.63) is 35.6 Å². The first-order chi connectivity index (χ1) is 8.95. The highest BCUT2D eigenvalue weighted by atomic mass is 19.1. The minimum absolute atomic E-state index is 0.216. The first kappa shape index (κ1) is 16.1. The van der Waals surface area contributed by atoms with Crippen LogP contribution in [0.4, 0.5) is 4.39 Å². The summed E-state index contributed by atoms with van der Waals surface area (Å²) in [5, 5.41) is 0. The van der Waals surface area contributed by atoms with E-state index in [4.69, 9.17) is 5.73 Å². The Morgan fingerprint density at radius 3 is 2.37 bits per heavy atom. The summed E-state index contributed by atoms with van der Waals surface area (Å²) in [5.41, 5.74) is 6.74. The van der Waals surface area contributed by atoms with Crippen LogP contribution in [0.2, 0.25) is 0 Å². The van der Waals surface area contributed by atoms with Crippen molar-refractivity contribution < 1.29 is 4.39 Å². The Hall–Kier alpha value is -0.970. The third-order valence-corrected chi connectivity index (χ3v) is 3.39. The fraction of sp³-hybridized carbons (Fsp3) is 0.600. The van der Waals surface area contributed by atoms with Gasteiger partial charge in [0.1, 0.15) is 5.82 Å². The largest absolute Gasteiger partial charge is 0.323 e. The molecule has 3 nitrogen and oxygen atoms in total. The van der Waals surface area contributed by atoms with Crippen LogP contribution in [0.3, 0.4) is 0 Å². The molecule has 0 saturated heterocycles. The number of halogens is 1. The summed E-state index contributed by atoms with van der Waals surface area (Å²) in [6, 6.07) is 6.87. The lowest BCUT2D eigenvalue weighted by atomic mass is 10.1. The molecule has 0 aromatic heterocycles. The van der Waals surface area contributed by atoms with Crippen molar-refractivity contribution in [3.63, 3.8) is 0 Å².